The number of halogens is 1. The van der Waals surface area contributed by atoms with Gasteiger partial charge in [-0.2, -0.15) is 5.10 Å². The van der Waals surface area contributed by atoms with Crippen LogP contribution in [0.4, 0.5) is 5.69 Å². The number of carbonyl (C=O) groups excluding carboxylic acids is 1. The average molecular weight is 402 g/mol. The summed E-state index contributed by atoms with van der Waals surface area (Å²) in [7, 11) is 0. The van der Waals surface area contributed by atoms with E-state index in [0.29, 0.717) is 17.4 Å². The quantitative estimate of drug-likeness (QED) is 0.594. The Labute approximate surface area is 142 Å². The second-order valence-electron chi connectivity index (χ2n) is 5.18. The summed E-state index contributed by atoms with van der Waals surface area (Å²) in [5.74, 6) is -0.486. The molecule has 2 N–H and O–H groups in total. The van der Waals surface area contributed by atoms with Crippen molar-refractivity contribution in [2.24, 2.45) is 0 Å². The van der Waals surface area contributed by atoms with Gasteiger partial charge in [-0.1, -0.05) is 0 Å². The normalized spacial score (nSPS) is 17.2. The molecule has 1 aliphatic rings. The number of nitro groups is 1. The van der Waals surface area contributed by atoms with Gasteiger partial charge in [-0.15, -0.1) is 11.3 Å². The topological polar surface area (TPSA) is 125 Å². The Morgan fingerprint density at radius 3 is 2.78 bits per heavy atom. The Kier molecular flexibility index (Phi) is 4.17. The van der Waals surface area contributed by atoms with Crippen LogP contribution in [-0.4, -0.2) is 49.1 Å². The number of aliphatic hydroxyl groups is 1. The third kappa shape index (κ3) is 2.86. The highest BCUT2D eigenvalue weighted by Gasteiger charge is 2.39. The molecule has 0 bridgehead atoms. The molecular formula is C12H12BrN5O4S. The molecule has 0 saturated carbocycles. The molecule has 0 radical (unpaired) electrons. The molecule has 23 heavy (non-hydrogen) atoms. The minimum absolute atomic E-state index is 0.139. The lowest BCUT2D eigenvalue weighted by Gasteiger charge is -2.37. The number of likely N-dealkylation sites (tertiary alicyclic amines) is 1. The van der Waals surface area contributed by atoms with Crippen LogP contribution in [0.1, 0.15) is 28.2 Å². The lowest BCUT2D eigenvalue weighted by Crippen LogP contribution is -2.45. The number of aromatic amines is 1. The summed E-state index contributed by atoms with van der Waals surface area (Å²) in [6.07, 6.45) is 1.69. The van der Waals surface area contributed by atoms with Gasteiger partial charge < -0.3 is 10.0 Å². The largest absolute Gasteiger partial charge is 0.384 e. The van der Waals surface area contributed by atoms with Crippen LogP contribution in [0.25, 0.3) is 0 Å². The number of amides is 1. The van der Waals surface area contributed by atoms with Gasteiger partial charge in [0, 0.05) is 13.1 Å². The summed E-state index contributed by atoms with van der Waals surface area (Å²) >= 11 is 4.66. The summed E-state index contributed by atoms with van der Waals surface area (Å²) < 4.78 is 0.606. The summed E-state index contributed by atoms with van der Waals surface area (Å²) in [6.45, 7) is 0.575. The molecule has 0 atom stereocenters. The smallest absolute Gasteiger partial charge is 0.319 e. The zero-order valence-electron chi connectivity index (χ0n) is 11.7. The number of nitrogens with zero attached hydrogens (tertiary/aromatic N) is 4. The number of nitrogens with one attached hydrogen (secondary N) is 1. The van der Waals surface area contributed by atoms with Crippen LogP contribution >= 0.6 is 27.3 Å². The zero-order valence-corrected chi connectivity index (χ0v) is 14.1. The SMILES string of the molecule is O=C(c1[nH]ncc1[N+](=O)[O-])N1CCC(O)(c2scnc2Br)CC1. The van der Waals surface area contributed by atoms with Gasteiger partial charge in [0.1, 0.15) is 16.4 Å². The van der Waals surface area contributed by atoms with Gasteiger partial charge in [0.2, 0.25) is 5.69 Å². The molecule has 0 spiro atoms. The van der Waals surface area contributed by atoms with Gasteiger partial charge in [0.25, 0.3) is 5.91 Å². The molecule has 9 nitrogen and oxygen atoms in total. The summed E-state index contributed by atoms with van der Waals surface area (Å²) in [4.78, 5) is 28.9. The lowest BCUT2D eigenvalue weighted by molar-refractivity contribution is -0.385. The minimum Gasteiger partial charge on any atom is -0.384 e. The maximum Gasteiger partial charge on any atom is 0.319 e. The molecule has 2 aromatic heterocycles. The number of H-pyrrole nitrogens is 1. The Morgan fingerprint density at radius 2 is 2.22 bits per heavy atom. The van der Waals surface area contributed by atoms with Crippen LogP contribution < -0.4 is 0 Å². The average Bonchev–Trinajstić information content (AvgIpc) is 3.16. The van der Waals surface area contributed by atoms with Crippen LogP contribution in [0.15, 0.2) is 16.3 Å². The summed E-state index contributed by atoms with van der Waals surface area (Å²) in [5, 5.41) is 27.6. The molecule has 11 heteroatoms. The van der Waals surface area contributed by atoms with Crippen molar-refractivity contribution in [1.29, 1.82) is 0 Å². The zero-order chi connectivity index (χ0) is 16.6. The van der Waals surface area contributed by atoms with E-state index in [1.807, 2.05) is 0 Å². The van der Waals surface area contributed by atoms with E-state index in [4.69, 9.17) is 0 Å². The van der Waals surface area contributed by atoms with E-state index in [2.05, 4.69) is 31.1 Å². The first-order valence-electron chi connectivity index (χ1n) is 6.71. The van der Waals surface area contributed by atoms with Crippen LogP contribution in [-0.2, 0) is 5.60 Å². The number of thiazole rings is 1. The molecule has 2 aromatic rings. The highest BCUT2D eigenvalue weighted by Crippen LogP contribution is 2.39. The van der Waals surface area contributed by atoms with E-state index in [-0.39, 0.29) is 24.5 Å². The molecule has 122 valence electrons. The first-order valence-corrected chi connectivity index (χ1v) is 8.38. The summed E-state index contributed by atoms with van der Waals surface area (Å²) in [6, 6.07) is 0. The summed E-state index contributed by atoms with van der Waals surface area (Å²) in [5.41, 5.74) is 0.111. The maximum absolute atomic E-state index is 12.4. The molecule has 1 fully saturated rings. The van der Waals surface area contributed by atoms with E-state index in [9.17, 15) is 20.0 Å². The molecular weight excluding hydrogens is 390 g/mol. The van der Waals surface area contributed by atoms with Crippen LogP contribution in [0, 0.1) is 10.1 Å². The Hall–Kier alpha value is -1.85. The molecule has 1 aliphatic heterocycles. The Bertz CT molecular complexity index is 752. The van der Waals surface area contributed by atoms with E-state index in [1.165, 1.54) is 16.2 Å². The molecule has 1 saturated heterocycles. The lowest BCUT2D eigenvalue weighted by atomic mass is 9.90. The Balaban J connectivity index is 1.74. The van der Waals surface area contributed by atoms with Crippen LogP contribution in [0.5, 0.6) is 0 Å². The number of carbonyl (C=O) groups is 1. The van der Waals surface area contributed by atoms with Gasteiger partial charge in [-0.3, -0.25) is 20.0 Å². The third-order valence-electron chi connectivity index (χ3n) is 3.85. The fourth-order valence-electron chi connectivity index (χ4n) is 2.57. The second kappa shape index (κ2) is 5.98. The molecule has 0 aliphatic carbocycles. The van der Waals surface area contributed by atoms with E-state index >= 15 is 0 Å². The first kappa shape index (κ1) is 16.0. The fourth-order valence-corrected chi connectivity index (χ4v) is 4.30. The highest BCUT2D eigenvalue weighted by molar-refractivity contribution is 9.10. The molecule has 0 aromatic carbocycles. The van der Waals surface area contributed by atoms with Crippen LogP contribution in [0.3, 0.4) is 0 Å². The van der Waals surface area contributed by atoms with Crippen molar-refractivity contribution in [3.05, 3.63) is 37.0 Å². The molecule has 1 amide bonds. The fraction of sp³-hybridized carbons (Fsp3) is 0.417. The standard InChI is InChI=1S/C12H12BrN5O4S/c13-10-9(23-6-14-10)12(20)1-3-17(4-2-12)11(19)8-7(18(21)22)5-15-16-8/h5-6,20H,1-4H2,(H,15,16). The number of aromatic nitrogens is 3. The van der Waals surface area contributed by atoms with Crippen molar-refractivity contribution >= 4 is 38.9 Å². The van der Waals surface area contributed by atoms with Crippen molar-refractivity contribution < 1.29 is 14.8 Å². The van der Waals surface area contributed by atoms with E-state index < -0.39 is 16.4 Å². The van der Waals surface area contributed by atoms with E-state index in [1.54, 1.807) is 5.51 Å². The predicted octanol–water partition coefficient (Wildman–Crippen LogP) is 1.66. The van der Waals surface area contributed by atoms with Gasteiger partial charge in [-0.05, 0) is 28.8 Å². The maximum atomic E-state index is 12.4. The Morgan fingerprint density at radius 1 is 1.52 bits per heavy atom. The van der Waals surface area contributed by atoms with Crippen molar-refractivity contribution in [1.82, 2.24) is 20.1 Å². The predicted molar refractivity (Wildman–Crippen MR) is 84.1 cm³/mol. The minimum atomic E-state index is -1.04. The van der Waals surface area contributed by atoms with Crippen LogP contribution in [0.2, 0.25) is 0 Å². The number of rotatable bonds is 3. The molecule has 3 rings (SSSR count). The number of hydrogen-bond donors (Lipinski definition) is 2. The van der Waals surface area contributed by atoms with E-state index in [0.717, 1.165) is 11.1 Å². The molecule has 0 unspecified atom stereocenters. The third-order valence-corrected chi connectivity index (χ3v) is 5.74. The van der Waals surface area contributed by atoms with Gasteiger partial charge >= 0.3 is 5.69 Å². The number of hydrogen-bond acceptors (Lipinski definition) is 7. The van der Waals surface area contributed by atoms with Gasteiger partial charge in [0.15, 0.2) is 0 Å². The van der Waals surface area contributed by atoms with Gasteiger partial charge in [0.05, 0.1) is 15.3 Å². The second-order valence-corrected chi connectivity index (χ2v) is 6.79. The monoisotopic (exact) mass is 401 g/mol. The van der Waals surface area contributed by atoms with Crippen molar-refractivity contribution in [2.75, 3.05) is 13.1 Å². The van der Waals surface area contributed by atoms with Gasteiger partial charge in [-0.25, -0.2) is 4.98 Å². The van der Waals surface area contributed by atoms with Crippen molar-refractivity contribution in [3.63, 3.8) is 0 Å². The molecule has 3 heterocycles. The highest BCUT2D eigenvalue weighted by atomic mass is 79.9. The first-order chi connectivity index (χ1) is 10.9. The van der Waals surface area contributed by atoms with Crippen molar-refractivity contribution in [3.8, 4) is 0 Å². The van der Waals surface area contributed by atoms with Crippen molar-refractivity contribution in [2.45, 2.75) is 18.4 Å². The number of piperidine rings is 1.